The van der Waals surface area contributed by atoms with E-state index in [0.717, 1.165) is 12.8 Å². The second-order valence-corrected chi connectivity index (χ2v) is 10.4. The number of primary sulfonamides is 1. The molecule has 1 atom stereocenters. The van der Waals surface area contributed by atoms with Crippen molar-refractivity contribution < 1.29 is 18.0 Å². The third kappa shape index (κ3) is 5.88. The smallest absolute Gasteiger partial charge is 0.251 e. The number of likely N-dealkylation sites (tertiary alicyclic amines) is 1. The fourth-order valence-electron chi connectivity index (χ4n) is 3.90. The maximum absolute atomic E-state index is 13.2. The standard InChI is InChI=1S/C23H28ClN3O4S/c1-15(2)21(26-22(28)18-5-9-20(10-6-18)32(25,30)31)23(29)27-13-11-17(12-14-27)16-3-7-19(24)8-4-16/h3-10,15,17,21H,11-14H2,1-2H3,(H,26,28)(H2,25,30,31)/t21-/m1/s1. The predicted octanol–water partition coefficient (Wildman–Crippen LogP) is 3.15. The molecule has 1 saturated heterocycles. The fraction of sp³-hybridized carbons (Fsp3) is 0.391. The van der Waals surface area contributed by atoms with Crippen LogP contribution in [0.5, 0.6) is 0 Å². The Hall–Kier alpha value is -2.42. The lowest BCUT2D eigenvalue weighted by atomic mass is 9.89. The average Bonchev–Trinajstić information content (AvgIpc) is 2.77. The number of nitrogens with two attached hydrogens (primary N) is 1. The summed E-state index contributed by atoms with van der Waals surface area (Å²) in [5, 5.41) is 8.61. The number of rotatable bonds is 6. The number of sulfonamides is 1. The number of hydrogen-bond donors (Lipinski definition) is 2. The van der Waals surface area contributed by atoms with Crippen molar-refractivity contribution in [1.29, 1.82) is 0 Å². The first-order chi connectivity index (χ1) is 15.1. The van der Waals surface area contributed by atoms with E-state index in [4.69, 9.17) is 16.7 Å². The Morgan fingerprint density at radius 3 is 2.09 bits per heavy atom. The molecule has 2 aromatic rings. The van der Waals surface area contributed by atoms with Gasteiger partial charge in [-0.25, -0.2) is 13.6 Å². The third-order valence-corrected chi connectivity index (χ3v) is 6.99. The molecule has 0 radical (unpaired) electrons. The molecule has 32 heavy (non-hydrogen) atoms. The van der Waals surface area contributed by atoms with Crippen LogP contribution in [-0.4, -0.2) is 44.3 Å². The second-order valence-electron chi connectivity index (χ2n) is 8.42. The molecular formula is C23H28ClN3O4S. The number of carbonyl (C=O) groups excluding carboxylic acids is 2. The van der Waals surface area contributed by atoms with Gasteiger partial charge in [0.1, 0.15) is 6.04 Å². The molecule has 2 amide bonds. The van der Waals surface area contributed by atoms with Gasteiger partial charge in [-0.3, -0.25) is 9.59 Å². The first-order valence-corrected chi connectivity index (χ1v) is 12.5. The van der Waals surface area contributed by atoms with Crippen LogP contribution in [0.4, 0.5) is 0 Å². The molecule has 1 heterocycles. The molecule has 3 rings (SSSR count). The van der Waals surface area contributed by atoms with E-state index >= 15 is 0 Å². The van der Waals surface area contributed by atoms with Gasteiger partial charge in [-0.05, 0) is 66.6 Å². The Kier molecular flexibility index (Phi) is 7.59. The second kappa shape index (κ2) is 10.0. The topological polar surface area (TPSA) is 110 Å². The van der Waals surface area contributed by atoms with Crippen molar-refractivity contribution in [2.24, 2.45) is 11.1 Å². The van der Waals surface area contributed by atoms with Gasteiger partial charge in [0.05, 0.1) is 4.90 Å². The van der Waals surface area contributed by atoms with E-state index in [2.05, 4.69) is 5.32 Å². The minimum atomic E-state index is -3.84. The summed E-state index contributed by atoms with van der Waals surface area (Å²) in [4.78, 5) is 27.6. The van der Waals surface area contributed by atoms with Gasteiger partial charge in [0.2, 0.25) is 15.9 Å². The lowest BCUT2D eigenvalue weighted by Gasteiger charge is -2.35. The van der Waals surface area contributed by atoms with Crippen molar-refractivity contribution in [3.63, 3.8) is 0 Å². The number of nitrogens with one attached hydrogen (secondary N) is 1. The summed E-state index contributed by atoms with van der Waals surface area (Å²) in [6.45, 7) is 5.00. The molecule has 172 valence electrons. The fourth-order valence-corrected chi connectivity index (χ4v) is 4.54. The highest BCUT2D eigenvalue weighted by molar-refractivity contribution is 7.89. The maximum Gasteiger partial charge on any atom is 0.251 e. The van der Waals surface area contributed by atoms with Crippen LogP contribution in [0.2, 0.25) is 5.02 Å². The summed E-state index contributed by atoms with van der Waals surface area (Å²) in [7, 11) is -3.84. The van der Waals surface area contributed by atoms with Gasteiger partial charge in [-0.15, -0.1) is 0 Å². The molecule has 0 saturated carbocycles. The van der Waals surface area contributed by atoms with Crippen LogP contribution in [0.3, 0.4) is 0 Å². The quantitative estimate of drug-likeness (QED) is 0.665. The zero-order chi connectivity index (χ0) is 23.5. The van der Waals surface area contributed by atoms with Crippen molar-refractivity contribution in [3.05, 3.63) is 64.7 Å². The number of piperidine rings is 1. The number of carbonyl (C=O) groups is 2. The Balaban J connectivity index is 1.63. The van der Waals surface area contributed by atoms with E-state index in [0.29, 0.717) is 24.0 Å². The normalized spacial score (nSPS) is 16.1. The van der Waals surface area contributed by atoms with Gasteiger partial charge in [0.15, 0.2) is 0 Å². The molecule has 2 aromatic carbocycles. The van der Waals surface area contributed by atoms with Gasteiger partial charge in [0, 0.05) is 23.7 Å². The van der Waals surface area contributed by atoms with Crippen LogP contribution in [0, 0.1) is 5.92 Å². The van der Waals surface area contributed by atoms with Crippen LogP contribution < -0.4 is 10.5 Å². The van der Waals surface area contributed by atoms with E-state index < -0.39 is 22.0 Å². The molecule has 0 spiro atoms. The Morgan fingerprint density at radius 1 is 1.03 bits per heavy atom. The molecule has 0 aliphatic carbocycles. The van der Waals surface area contributed by atoms with Crippen molar-refractivity contribution in [3.8, 4) is 0 Å². The SMILES string of the molecule is CC(C)[C@@H](NC(=O)c1ccc(S(N)(=O)=O)cc1)C(=O)N1CCC(c2ccc(Cl)cc2)CC1. The lowest BCUT2D eigenvalue weighted by molar-refractivity contribution is -0.135. The minimum Gasteiger partial charge on any atom is -0.341 e. The summed E-state index contributed by atoms with van der Waals surface area (Å²) in [6, 6.07) is 12.5. The largest absolute Gasteiger partial charge is 0.341 e. The Labute approximate surface area is 194 Å². The maximum atomic E-state index is 13.2. The summed E-state index contributed by atoms with van der Waals surface area (Å²) in [5.74, 6) is -0.275. The Bertz CT molecular complexity index is 1060. The number of nitrogens with zero attached hydrogens (tertiary/aromatic N) is 1. The predicted molar refractivity (Wildman–Crippen MR) is 124 cm³/mol. The van der Waals surface area contributed by atoms with Crippen LogP contribution in [0.25, 0.3) is 0 Å². The minimum absolute atomic E-state index is 0.0749. The molecular weight excluding hydrogens is 450 g/mol. The molecule has 3 N–H and O–H groups in total. The van der Waals surface area contributed by atoms with Gasteiger partial charge in [-0.1, -0.05) is 37.6 Å². The zero-order valence-electron chi connectivity index (χ0n) is 18.1. The first-order valence-electron chi connectivity index (χ1n) is 10.5. The van der Waals surface area contributed by atoms with Gasteiger partial charge in [-0.2, -0.15) is 0 Å². The first kappa shape index (κ1) is 24.2. The summed E-state index contributed by atoms with van der Waals surface area (Å²) < 4.78 is 22.8. The van der Waals surface area contributed by atoms with E-state index in [-0.39, 0.29) is 22.3 Å². The van der Waals surface area contributed by atoms with Crippen LogP contribution >= 0.6 is 11.6 Å². The van der Waals surface area contributed by atoms with Crippen molar-refractivity contribution in [2.75, 3.05) is 13.1 Å². The average molecular weight is 478 g/mol. The number of halogens is 1. The highest BCUT2D eigenvalue weighted by Crippen LogP contribution is 2.29. The van der Waals surface area contributed by atoms with Gasteiger partial charge < -0.3 is 10.2 Å². The molecule has 1 aliphatic rings. The summed E-state index contributed by atoms with van der Waals surface area (Å²) in [5.41, 5.74) is 1.48. The molecule has 9 heteroatoms. The zero-order valence-corrected chi connectivity index (χ0v) is 19.7. The third-order valence-electron chi connectivity index (χ3n) is 5.81. The van der Waals surface area contributed by atoms with E-state index in [9.17, 15) is 18.0 Å². The number of hydrogen-bond acceptors (Lipinski definition) is 4. The highest BCUT2D eigenvalue weighted by Gasteiger charge is 2.31. The molecule has 0 unspecified atom stereocenters. The highest BCUT2D eigenvalue weighted by atomic mass is 35.5. The van der Waals surface area contributed by atoms with Crippen LogP contribution in [0.15, 0.2) is 53.4 Å². The van der Waals surface area contributed by atoms with Crippen LogP contribution in [0.1, 0.15) is 48.5 Å². The van der Waals surface area contributed by atoms with Gasteiger partial charge >= 0.3 is 0 Å². The van der Waals surface area contributed by atoms with Crippen molar-refractivity contribution >= 4 is 33.4 Å². The Morgan fingerprint density at radius 2 is 1.59 bits per heavy atom. The number of benzene rings is 2. The number of amides is 2. The molecule has 0 aromatic heterocycles. The molecule has 1 fully saturated rings. The van der Waals surface area contributed by atoms with E-state index in [1.54, 1.807) is 0 Å². The summed E-state index contributed by atoms with van der Waals surface area (Å²) >= 11 is 5.97. The molecule has 0 bridgehead atoms. The van der Waals surface area contributed by atoms with E-state index in [1.165, 1.54) is 29.8 Å². The molecule has 7 nitrogen and oxygen atoms in total. The van der Waals surface area contributed by atoms with Crippen molar-refractivity contribution in [1.82, 2.24) is 10.2 Å². The van der Waals surface area contributed by atoms with Crippen LogP contribution in [-0.2, 0) is 14.8 Å². The molecule has 1 aliphatic heterocycles. The summed E-state index contributed by atoms with van der Waals surface area (Å²) in [6.07, 6.45) is 1.70. The van der Waals surface area contributed by atoms with E-state index in [1.807, 2.05) is 43.0 Å². The van der Waals surface area contributed by atoms with Gasteiger partial charge in [0.25, 0.3) is 5.91 Å². The lowest BCUT2D eigenvalue weighted by Crippen LogP contribution is -2.52. The monoisotopic (exact) mass is 477 g/mol. The van der Waals surface area contributed by atoms with Crippen molar-refractivity contribution in [2.45, 2.75) is 43.5 Å².